The number of fused-ring (bicyclic) bond motifs is 5. The van der Waals surface area contributed by atoms with Crippen LogP contribution in [-0.2, 0) is 106 Å². The van der Waals surface area contributed by atoms with Crippen LogP contribution in [0.5, 0.6) is 5.75 Å². The molecule has 4 aliphatic heterocycles. The smallest absolute Gasteiger partial charge is 0.305 e. The van der Waals surface area contributed by atoms with E-state index >= 15 is 24.0 Å². The Morgan fingerprint density at radius 2 is 0.922 bits per heavy atom. The van der Waals surface area contributed by atoms with Crippen LogP contribution in [0.4, 0.5) is 0 Å². The van der Waals surface area contributed by atoms with Crippen LogP contribution < -0.4 is 70.8 Å². The number of Topliss-reactive ketones (excluding diaryl/α,β-unsaturated/α-hetero) is 1. The zero-order valence-corrected chi connectivity index (χ0v) is 72.9. The molecule has 4 fully saturated rings. The summed E-state index contributed by atoms with van der Waals surface area (Å²) in [6.07, 6.45) is 1.89. The molecule has 5 aromatic rings. The van der Waals surface area contributed by atoms with Gasteiger partial charge in [-0.15, -0.1) is 11.8 Å². The van der Waals surface area contributed by atoms with Gasteiger partial charge in [-0.05, 0) is 105 Å². The number of hydrogen-bond donors (Lipinski definition) is 18. The maximum atomic E-state index is 15.7. The summed E-state index contributed by atoms with van der Waals surface area (Å²) in [6, 6.07) is -0.329. The van der Waals surface area contributed by atoms with Gasteiger partial charge in [0.15, 0.2) is 5.78 Å². The Morgan fingerprint density at radius 1 is 0.484 bits per heavy atom. The largest absolute Gasteiger partial charge is 0.508 e. The Bertz CT molecular complexity index is 4870. The van der Waals surface area contributed by atoms with E-state index in [-0.39, 0.29) is 109 Å². The van der Waals surface area contributed by atoms with E-state index in [9.17, 15) is 77.6 Å². The number of phenolic OH excluding ortho intramolecular Hbond substituents is 1. The number of ketones is 1. The number of carbonyl (C=O) groups excluding carboxylic acids is 16. The quantitative estimate of drug-likeness (QED) is 0.0319. The number of para-hydroxylation sites is 2. The number of carboxylic acid groups (broad SMARTS) is 2. The van der Waals surface area contributed by atoms with Gasteiger partial charge in [-0.1, -0.05) is 88.1 Å². The first kappa shape index (κ1) is 99.2. The van der Waals surface area contributed by atoms with Gasteiger partial charge in [-0.3, -0.25) is 86.3 Å². The van der Waals surface area contributed by atoms with E-state index in [2.05, 4.69) is 57.8 Å². The van der Waals surface area contributed by atoms with Gasteiger partial charge >= 0.3 is 11.9 Å². The fourth-order valence-corrected chi connectivity index (χ4v) is 17.5. The SMILES string of the molecule is CCCC[C@@H]1C(=O)N(C)[C@H](CCCC)C(=O)N[C@@H](CN)C(=O)N[C@@H](C(=O)NCC(N)=O)CSCC(=O)N[C@@H](Cc2ccc(O)cc2)C(=O)N2CCCC2C(=O)N[C@H](CC(=O)O)C(=O)N2CCC[C@H]2C(=O)N[C@H](CN)C(=O)N[C@@H](CC(=O)O)C(=O)N2CCCC2C(=O)N[C@H](Cc2c[nH]c3ccccc23)C(=O)C[C@@H](CCN)C(=O)N[C@@H](Cc2c[nH]c3ccccc23)C(=O)N1C. The number of hydrogen-bond acceptors (Lipinski definition) is 23. The molecule has 2 aromatic heterocycles. The molecular weight excluding hydrogens is 1680 g/mol. The van der Waals surface area contributed by atoms with E-state index < -0.39 is 241 Å². The van der Waals surface area contributed by atoms with Gasteiger partial charge in [0, 0.05) is 118 Å². The number of primary amides is 1. The second-order valence-electron chi connectivity index (χ2n) is 32.6. The van der Waals surface area contributed by atoms with Gasteiger partial charge in [-0.25, -0.2) is 0 Å². The van der Waals surface area contributed by atoms with Gasteiger partial charge in [-0.2, -0.15) is 0 Å². The molecular formula is C86H118N20O21S. The van der Waals surface area contributed by atoms with Gasteiger partial charge in [0.1, 0.15) is 78.3 Å². The Hall–Kier alpha value is -12.6. The van der Waals surface area contributed by atoms with E-state index in [1.807, 2.05) is 13.8 Å². The van der Waals surface area contributed by atoms with Crippen molar-refractivity contribution in [3.05, 3.63) is 102 Å². The molecule has 3 aromatic carbocycles. The molecule has 0 aliphatic carbocycles. The van der Waals surface area contributed by atoms with Crippen molar-refractivity contribution in [1.29, 1.82) is 0 Å². The van der Waals surface area contributed by atoms with E-state index in [4.69, 9.17) is 22.9 Å². The highest BCUT2D eigenvalue weighted by Gasteiger charge is 2.47. The fraction of sp³-hybridized carbons (Fsp3) is 0.535. The highest BCUT2D eigenvalue weighted by Crippen LogP contribution is 2.29. The Morgan fingerprint density at radius 3 is 1.41 bits per heavy atom. The number of unbranched alkanes of at least 4 members (excludes halogenated alkanes) is 2. The number of nitrogens with one attached hydrogen (secondary N) is 11. The number of nitrogens with two attached hydrogens (primary N) is 4. The number of H-pyrrole nitrogens is 2. The van der Waals surface area contributed by atoms with E-state index in [0.717, 1.165) is 31.4 Å². The molecule has 4 saturated heterocycles. The third kappa shape index (κ3) is 26.3. The summed E-state index contributed by atoms with van der Waals surface area (Å²) in [4.78, 5) is 272. The Labute approximate surface area is 742 Å². The highest BCUT2D eigenvalue weighted by atomic mass is 32.2. The normalized spacial score (nSPS) is 25.4. The topological polar surface area (TPSA) is 628 Å². The van der Waals surface area contributed by atoms with Crippen molar-refractivity contribution in [3.63, 3.8) is 0 Å². The predicted octanol–water partition coefficient (Wildman–Crippen LogP) is -2.59. The Balaban J connectivity index is 1.07. The van der Waals surface area contributed by atoms with E-state index in [1.54, 1.807) is 60.9 Å². The zero-order chi connectivity index (χ0) is 93.2. The molecule has 2 unspecified atom stereocenters. The van der Waals surface area contributed by atoms with Gasteiger partial charge in [0.2, 0.25) is 88.6 Å². The first-order valence-corrected chi connectivity index (χ1v) is 44.3. The van der Waals surface area contributed by atoms with Crippen molar-refractivity contribution in [2.75, 3.05) is 71.4 Å². The van der Waals surface area contributed by atoms with E-state index in [1.165, 1.54) is 43.3 Å². The number of aromatic hydroxyl groups is 1. The van der Waals surface area contributed by atoms with Crippen LogP contribution in [0, 0.1) is 5.92 Å². The van der Waals surface area contributed by atoms with Crippen molar-refractivity contribution in [2.45, 2.75) is 214 Å². The number of aromatic amines is 2. The van der Waals surface area contributed by atoms with Crippen LogP contribution in [0.15, 0.2) is 85.2 Å². The standard InChI is InChI=1S/C86H118N20O21S/c1-5-7-20-64-78(119)99-62(41-89)77(118)101-63(75(116)93-44-70(90)109)45-128-46-71(110)94-57(34-47-25-27-51(107)28-26-47)83(124)104-31-14-23-66(104)80(121)98-60(39-73(113)114)85(126)106-33-15-24-67(106)81(122)100-61(40-88)76(117)97-59(38-72(111)112)84(125)105-32-13-22-65(105)79(120)95-56(35-49-42-91-54-18-11-9-16-52(49)54)69(108)37-48(29-30-87)74(115)96-58(36-50-43-92-55-19-12-10-17-53(50)55)82(123)103(4)68(21-8-6-2)86(127)102(64)3/h9-12,16-19,25-28,42-43,48,56-68,91-92,107H,5-8,13-15,20-24,29-41,44-46,87-89H2,1-4H3,(H2,90,109)(H,93,116)(H,94,110)(H,95,120)(H,96,115)(H,97,117)(H,98,121)(H,99,119)(H,100,122)(H,101,118)(H,111,112)(H,113,114)/t48-,56-,57+,58+,59+,60-,61-,62+,63-,64-,65?,66?,67+,68-/m1/s1. The molecule has 6 heterocycles. The summed E-state index contributed by atoms with van der Waals surface area (Å²) >= 11 is 0.763. The number of likely N-dealkylation sites (N-methyl/N-ethyl adjacent to an activating group) is 2. The maximum absolute atomic E-state index is 15.7. The third-order valence-corrected chi connectivity index (χ3v) is 24.6. The lowest BCUT2D eigenvalue weighted by atomic mass is 9.91. The predicted molar refractivity (Wildman–Crippen MR) is 467 cm³/mol. The molecule has 9 rings (SSSR count). The summed E-state index contributed by atoms with van der Waals surface area (Å²) < 4.78 is 0. The van der Waals surface area contributed by atoms with Crippen molar-refractivity contribution in [3.8, 4) is 5.75 Å². The average Bonchev–Trinajstić information content (AvgIpc) is 1.57. The van der Waals surface area contributed by atoms with Gasteiger partial charge in [0.25, 0.3) is 0 Å². The number of amides is 15. The van der Waals surface area contributed by atoms with Crippen molar-refractivity contribution >= 4 is 140 Å². The monoisotopic (exact) mass is 1800 g/mol. The van der Waals surface area contributed by atoms with Crippen LogP contribution in [-0.4, -0.2) is 306 Å². The maximum Gasteiger partial charge on any atom is 0.305 e. The van der Waals surface area contributed by atoms with Crippen LogP contribution in [0.1, 0.15) is 133 Å². The fourth-order valence-electron chi connectivity index (χ4n) is 16.6. The molecule has 14 atom stereocenters. The molecule has 22 N–H and O–H groups in total. The van der Waals surface area contributed by atoms with Gasteiger partial charge in [0.05, 0.1) is 31.2 Å². The van der Waals surface area contributed by atoms with Gasteiger partial charge < -0.3 is 121 Å². The average molecular weight is 1800 g/mol. The molecule has 0 radical (unpaired) electrons. The number of benzene rings is 3. The summed E-state index contributed by atoms with van der Waals surface area (Å²) in [6.45, 7) is 1.09. The molecule has 0 bridgehead atoms. The van der Waals surface area contributed by atoms with Crippen LogP contribution in [0.3, 0.4) is 0 Å². The summed E-state index contributed by atoms with van der Waals surface area (Å²) in [7, 11) is 2.73. The molecule has 4 aliphatic rings. The number of phenols is 1. The molecule has 694 valence electrons. The molecule has 0 saturated carbocycles. The van der Waals surface area contributed by atoms with Crippen LogP contribution >= 0.6 is 11.8 Å². The molecule has 42 heteroatoms. The van der Waals surface area contributed by atoms with Crippen molar-refractivity contribution in [1.82, 2.24) is 82.3 Å². The molecule has 128 heavy (non-hydrogen) atoms. The first-order valence-electron chi connectivity index (χ1n) is 43.1. The number of aromatic nitrogens is 2. The lowest BCUT2D eigenvalue weighted by Crippen LogP contribution is -2.61. The lowest BCUT2D eigenvalue weighted by Gasteiger charge is -2.36. The second-order valence-corrected chi connectivity index (χ2v) is 33.7. The lowest BCUT2D eigenvalue weighted by molar-refractivity contribution is -0.149. The summed E-state index contributed by atoms with van der Waals surface area (Å²) in [5, 5.41) is 55.1. The number of aliphatic carboxylic acids is 2. The highest BCUT2D eigenvalue weighted by molar-refractivity contribution is 8.00. The first-order chi connectivity index (χ1) is 61.2. The van der Waals surface area contributed by atoms with Crippen molar-refractivity contribution < 1.29 is 102 Å². The minimum Gasteiger partial charge on any atom is -0.508 e. The van der Waals surface area contributed by atoms with E-state index in [0.29, 0.717) is 64.2 Å². The third-order valence-electron chi connectivity index (χ3n) is 23.6. The molecule has 41 nitrogen and oxygen atoms in total. The summed E-state index contributed by atoms with van der Waals surface area (Å²) in [5.74, 6) is -20.3. The number of thioether (sulfide) groups is 1. The van der Waals surface area contributed by atoms with Crippen LogP contribution in [0.25, 0.3) is 21.8 Å². The van der Waals surface area contributed by atoms with Crippen LogP contribution in [0.2, 0.25) is 0 Å². The zero-order valence-electron chi connectivity index (χ0n) is 72.1. The minimum atomic E-state index is -1.93. The molecule has 15 amide bonds. The number of nitrogens with zero attached hydrogens (tertiary/aromatic N) is 5. The minimum absolute atomic E-state index is 0.00505. The van der Waals surface area contributed by atoms with Crippen molar-refractivity contribution in [2.24, 2.45) is 28.9 Å². The number of carbonyl (C=O) groups is 18. The summed E-state index contributed by atoms with van der Waals surface area (Å²) in [5.41, 5.74) is 26.8. The second kappa shape index (κ2) is 47.3. The number of rotatable bonds is 23. The number of carboxylic acids is 2. The Kier molecular flexibility index (Phi) is 36.7. The molecule has 0 spiro atoms.